The van der Waals surface area contributed by atoms with Gasteiger partial charge in [0.2, 0.25) is 10.0 Å². The van der Waals surface area contributed by atoms with E-state index in [1.165, 1.54) is 31.2 Å². The van der Waals surface area contributed by atoms with Crippen molar-refractivity contribution >= 4 is 21.7 Å². The fourth-order valence-electron chi connectivity index (χ4n) is 2.34. The van der Waals surface area contributed by atoms with Gasteiger partial charge in [0.25, 0.3) is 5.69 Å². The lowest BCUT2D eigenvalue weighted by atomic mass is 10.1. The summed E-state index contributed by atoms with van der Waals surface area (Å²) in [7, 11) is -4.26. The Morgan fingerprint density at radius 3 is 2.42 bits per heavy atom. The van der Waals surface area contributed by atoms with Crippen molar-refractivity contribution in [1.29, 1.82) is 0 Å². The third-order valence-corrected chi connectivity index (χ3v) is 5.23. The first kappa shape index (κ1) is 19.5. The van der Waals surface area contributed by atoms with Crippen LogP contribution in [0.2, 0.25) is 0 Å². The predicted octanol–water partition coefficient (Wildman–Crippen LogP) is 2.54. The molecule has 0 radical (unpaired) electrons. The highest BCUT2D eigenvalue weighted by Gasteiger charge is 2.26. The van der Waals surface area contributed by atoms with E-state index in [9.17, 15) is 27.7 Å². The first-order valence-electron chi connectivity index (χ1n) is 7.35. The van der Waals surface area contributed by atoms with Crippen molar-refractivity contribution in [3.63, 3.8) is 0 Å². The Morgan fingerprint density at radius 2 is 1.88 bits per heavy atom. The minimum absolute atomic E-state index is 0.250. The molecule has 0 aliphatic rings. The first-order valence-corrected chi connectivity index (χ1v) is 8.83. The summed E-state index contributed by atoms with van der Waals surface area (Å²) in [5, 5.41) is 19.9. The Labute approximate surface area is 148 Å². The zero-order valence-corrected chi connectivity index (χ0v) is 14.4. The number of carbonyl (C=O) groups is 1. The Hall–Kier alpha value is -2.85. The Kier molecular flexibility index (Phi) is 5.68. The number of benzene rings is 2. The van der Waals surface area contributed by atoms with Gasteiger partial charge in [0.1, 0.15) is 5.82 Å². The fourth-order valence-corrected chi connectivity index (χ4v) is 3.83. The molecular weight excluding hydrogens is 367 g/mol. The molecule has 0 amide bonds. The molecule has 138 valence electrons. The molecule has 1 atom stereocenters. The van der Waals surface area contributed by atoms with Crippen LogP contribution in [0.25, 0.3) is 0 Å². The summed E-state index contributed by atoms with van der Waals surface area (Å²) in [4.78, 5) is 20.9. The van der Waals surface area contributed by atoms with Crippen LogP contribution in [-0.4, -0.2) is 24.4 Å². The molecule has 26 heavy (non-hydrogen) atoms. The van der Waals surface area contributed by atoms with E-state index < -0.39 is 44.9 Å². The number of hydrogen-bond donors (Lipinski definition) is 2. The summed E-state index contributed by atoms with van der Waals surface area (Å²) in [5.74, 6) is -1.82. The van der Waals surface area contributed by atoms with E-state index in [1.807, 2.05) is 0 Å². The van der Waals surface area contributed by atoms with Crippen molar-refractivity contribution in [2.75, 3.05) is 0 Å². The van der Waals surface area contributed by atoms with E-state index in [-0.39, 0.29) is 16.0 Å². The van der Waals surface area contributed by atoms with Crippen molar-refractivity contribution < 1.29 is 27.6 Å². The summed E-state index contributed by atoms with van der Waals surface area (Å²) in [6.07, 6.45) is -0.584. The molecular formula is C16H15FN2O6S. The molecule has 0 saturated heterocycles. The van der Waals surface area contributed by atoms with Crippen LogP contribution in [0.3, 0.4) is 0 Å². The number of halogens is 1. The molecule has 0 saturated carbocycles. The molecule has 0 aliphatic heterocycles. The largest absolute Gasteiger partial charge is 0.481 e. The average Bonchev–Trinajstić information content (AvgIpc) is 2.54. The normalized spacial score (nSPS) is 12.5. The number of nitro groups is 1. The average molecular weight is 382 g/mol. The summed E-state index contributed by atoms with van der Waals surface area (Å²) in [5.41, 5.74) is 0.101. The van der Waals surface area contributed by atoms with Crippen molar-refractivity contribution in [3.8, 4) is 0 Å². The lowest BCUT2D eigenvalue weighted by Gasteiger charge is -2.18. The molecule has 0 bridgehead atoms. The molecule has 0 aromatic heterocycles. The number of aliphatic carboxylic acids is 1. The predicted molar refractivity (Wildman–Crippen MR) is 89.5 cm³/mol. The second-order valence-corrected chi connectivity index (χ2v) is 7.21. The van der Waals surface area contributed by atoms with E-state index >= 15 is 0 Å². The Bertz CT molecular complexity index is 944. The number of nitrogens with zero attached hydrogens (tertiary/aromatic N) is 1. The number of rotatable bonds is 7. The van der Waals surface area contributed by atoms with Gasteiger partial charge in [0.05, 0.1) is 22.3 Å². The lowest BCUT2D eigenvalue weighted by Crippen LogP contribution is -2.30. The Balaban J connectivity index is 2.43. The molecule has 2 N–H and O–H groups in total. The third kappa shape index (κ3) is 4.61. The molecule has 0 aliphatic carbocycles. The lowest BCUT2D eigenvalue weighted by molar-refractivity contribution is -0.385. The summed E-state index contributed by atoms with van der Waals surface area (Å²) >= 11 is 0. The van der Waals surface area contributed by atoms with Crippen LogP contribution in [0.1, 0.15) is 23.6 Å². The van der Waals surface area contributed by atoms with Gasteiger partial charge < -0.3 is 5.11 Å². The summed E-state index contributed by atoms with van der Waals surface area (Å²) < 4.78 is 40.6. The van der Waals surface area contributed by atoms with Gasteiger partial charge in [-0.1, -0.05) is 18.2 Å². The maximum absolute atomic E-state index is 13.1. The van der Waals surface area contributed by atoms with Crippen LogP contribution in [0, 0.1) is 22.9 Å². The number of nitro benzene ring substituents is 1. The van der Waals surface area contributed by atoms with Gasteiger partial charge in [-0.3, -0.25) is 14.9 Å². The van der Waals surface area contributed by atoms with E-state index in [0.717, 1.165) is 18.2 Å². The number of hydrogen-bond acceptors (Lipinski definition) is 5. The van der Waals surface area contributed by atoms with Gasteiger partial charge in [-0.15, -0.1) is 0 Å². The van der Waals surface area contributed by atoms with Crippen molar-refractivity contribution in [1.82, 2.24) is 4.72 Å². The molecule has 10 heteroatoms. The minimum Gasteiger partial charge on any atom is -0.481 e. The molecule has 0 spiro atoms. The van der Waals surface area contributed by atoms with Crippen molar-refractivity contribution in [2.45, 2.75) is 24.3 Å². The maximum Gasteiger partial charge on any atom is 0.305 e. The van der Waals surface area contributed by atoms with Gasteiger partial charge in [-0.25, -0.2) is 17.5 Å². The SMILES string of the molecule is Cc1ccc([N+](=O)[O-])cc1S(=O)(=O)N[C@@H](CC(=O)O)c1ccc(F)cc1. The number of carboxylic acid groups (broad SMARTS) is 1. The fraction of sp³-hybridized carbons (Fsp3) is 0.188. The van der Waals surface area contributed by atoms with Crippen molar-refractivity contribution in [2.24, 2.45) is 0 Å². The van der Waals surface area contributed by atoms with Crippen LogP contribution in [0.4, 0.5) is 10.1 Å². The molecule has 0 fully saturated rings. The van der Waals surface area contributed by atoms with E-state index in [1.54, 1.807) is 0 Å². The number of nitrogens with one attached hydrogen (secondary N) is 1. The second kappa shape index (κ2) is 7.58. The highest BCUT2D eigenvalue weighted by Crippen LogP contribution is 2.25. The van der Waals surface area contributed by atoms with Crippen LogP contribution >= 0.6 is 0 Å². The van der Waals surface area contributed by atoms with E-state index in [2.05, 4.69) is 4.72 Å². The van der Waals surface area contributed by atoms with Crippen LogP contribution in [0.5, 0.6) is 0 Å². The van der Waals surface area contributed by atoms with E-state index in [0.29, 0.717) is 0 Å². The molecule has 2 aromatic carbocycles. The zero-order chi connectivity index (χ0) is 19.5. The quantitative estimate of drug-likeness (QED) is 0.560. The monoisotopic (exact) mass is 382 g/mol. The van der Waals surface area contributed by atoms with Gasteiger partial charge >= 0.3 is 5.97 Å². The van der Waals surface area contributed by atoms with Gasteiger partial charge in [0, 0.05) is 12.1 Å². The summed E-state index contributed by atoms with van der Waals surface area (Å²) in [6.45, 7) is 1.46. The zero-order valence-electron chi connectivity index (χ0n) is 13.5. The molecule has 2 aromatic rings. The standard InChI is InChI=1S/C16H15FN2O6S/c1-10-2-7-13(19(22)23)8-15(10)26(24,25)18-14(9-16(20)21)11-3-5-12(17)6-4-11/h2-8,14,18H,9H2,1H3,(H,20,21)/t14-/m0/s1. The first-order chi connectivity index (χ1) is 12.1. The van der Waals surface area contributed by atoms with Crippen LogP contribution in [0.15, 0.2) is 47.4 Å². The number of sulfonamides is 1. The number of aryl methyl sites for hydroxylation is 1. The molecule has 8 nitrogen and oxygen atoms in total. The highest BCUT2D eigenvalue weighted by atomic mass is 32.2. The second-order valence-electron chi connectivity index (χ2n) is 5.53. The van der Waals surface area contributed by atoms with Gasteiger partial charge in [0.15, 0.2) is 0 Å². The molecule has 0 unspecified atom stereocenters. The minimum atomic E-state index is -4.26. The maximum atomic E-state index is 13.1. The molecule has 2 rings (SSSR count). The Morgan fingerprint density at radius 1 is 1.27 bits per heavy atom. The number of carboxylic acids is 1. The van der Waals surface area contributed by atoms with Crippen LogP contribution < -0.4 is 4.72 Å². The smallest absolute Gasteiger partial charge is 0.305 e. The summed E-state index contributed by atoms with van der Waals surface area (Å²) in [6, 6.07) is 6.89. The van der Waals surface area contributed by atoms with Crippen molar-refractivity contribution in [3.05, 3.63) is 69.5 Å². The topological polar surface area (TPSA) is 127 Å². The molecule has 0 heterocycles. The van der Waals surface area contributed by atoms with Gasteiger partial charge in [-0.2, -0.15) is 0 Å². The third-order valence-electron chi connectivity index (χ3n) is 3.62. The van der Waals surface area contributed by atoms with Crippen LogP contribution in [-0.2, 0) is 14.8 Å². The van der Waals surface area contributed by atoms with Gasteiger partial charge in [-0.05, 0) is 30.2 Å². The van der Waals surface area contributed by atoms with E-state index in [4.69, 9.17) is 5.11 Å². The number of non-ortho nitro benzene ring substituents is 1. The highest BCUT2D eigenvalue weighted by molar-refractivity contribution is 7.89.